The molecule has 0 saturated carbocycles. The number of alkyl halides is 3. The van der Waals surface area contributed by atoms with Crippen molar-refractivity contribution in [3.63, 3.8) is 0 Å². The summed E-state index contributed by atoms with van der Waals surface area (Å²) in [7, 11) is -2.87. The van der Waals surface area contributed by atoms with Gasteiger partial charge in [0.05, 0.1) is 23.3 Å². The first-order valence-corrected chi connectivity index (χ1v) is 12.8. The van der Waals surface area contributed by atoms with Crippen molar-refractivity contribution < 1.29 is 40.4 Å². The lowest BCUT2D eigenvalue weighted by molar-refractivity contribution is -0.384. The summed E-state index contributed by atoms with van der Waals surface area (Å²) in [4.78, 5) is 22.3. The van der Waals surface area contributed by atoms with E-state index in [2.05, 4.69) is 10.0 Å². The van der Waals surface area contributed by atoms with Gasteiger partial charge in [0.2, 0.25) is 5.91 Å². The number of carbonyl (C=O) groups excluding carboxylic acids is 1. The lowest BCUT2D eigenvalue weighted by atomic mass is 10.1. The molecule has 14 heteroatoms. The van der Waals surface area contributed by atoms with Crippen LogP contribution in [0.1, 0.15) is 28.7 Å². The summed E-state index contributed by atoms with van der Waals surface area (Å²) >= 11 is 0. The Hall–Kier alpha value is -4.20. The van der Waals surface area contributed by atoms with Crippen LogP contribution in [-0.2, 0) is 34.0 Å². The van der Waals surface area contributed by atoms with Crippen molar-refractivity contribution in [3.8, 4) is 5.75 Å². The number of rotatable bonds is 10. The van der Waals surface area contributed by atoms with Gasteiger partial charge in [-0.25, -0.2) is 12.8 Å². The fourth-order valence-electron chi connectivity index (χ4n) is 3.61. The van der Waals surface area contributed by atoms with E-state index < -0.39 is 38.4 Å². The molecule has 9 nitrogen and oxygen atoms in total. The van der Waals surface area contributed by atoms with Gasteiger partial charge in [-0.2, -0.15) is 13.2 Å². The minimum atomic E-state index is -4.82. The van der Waals surface area contributed by atoms with Crippen LogP contribution in [0, 0.1) is 22.9 Å². The molecule has 0 fully saturated rings. The molecule has 0 aromatic heterocycles. The Balaban J connectivity index is 1.64. The topological polar surface area (TPSA) is 128 Å². The van der Waals surface area contributed by atoms with E-state index in [4.69, 9.17) is 4.74 Å². The predicted octanol–water partition coefficient (Wildman–Crippen LogP) is 5.12. The molecule has 39 heavy (non-hydrogen) atoms. The Kier molecular flexibility index (Phi) is 8.79. The maximum absolute atomic E-state index is 13.7. The van der Waals surface area contributed by atoms with Crippen LogP contribution in [0.3, 0.4) is 0 Å². The average Bonchev–Trinajstić information content (AvgIpc) is 2.86. The van der Waals surface area contributed by atoms with E-state index in [1.807, 2.05) is 0 Å². The molecule has 0 spiro atoms. The average molecular weight is 570 g/mol. The molecule has 0 aliphatic heterocycles. The summed E-state index contributed by atoms with van der Waals surface area (Å²) < 4.78 is 85.3. The molecule has 0 aliphatic rings. The molecule has 0 saturated heterocycles. The van der Waals surface area contributed by atoms with E-state index in [0.29, 0.717) is 23.3 Å². The zero-order valence-corrected chi connectivity index (χ0v) is 21.5. The number of sulfonamides is 1. The summed E-state index contributed by atoms with van der Waals surface area (Å²) in [6, 6.07) is 10.3. The van der Waals surface area contributed by atoms with Crippen molar-refractivity contribution in [3.05, 3.63) is 92.8 Å². The van der Waals surface area contributed by atoms with Crippen molar-refractivity contribution in [2.24, 2.45) is 0 Å². The number of hydrogen-bond acceptors (Lipinski definition) is 6. The van der Waals surface area contributed by atoms with Crippen LogP contribution in [0.15, 0.2) is 59.5 Å². The highest BCUT2D eigenvalue weighted by Gasteiger charge is 2.33. The number of non-ortho nitro benzene ring substituents is 1. The fraction of sp³-hybridized carbons (Fsp3) is 0.240. The number of nitro groups is 1. The van der Waals surface area contributed by atoms with Crippen LogP contribution < -0.4 is 14.8 Å². The van der Waals surface area contributed by atoms with Crippen LogP contribution >= 0.6 is 0 Å². The highest BCUT2D eigenvalue weighted by atomic mass is 32.2. The minimum Gasteiger partial charge on any atom is -0.495 e. The molecule has 208 valence electrons. The smallest absolute Gasteiger partial charge is 0.419 e. The summed E-state index contributed by atoms with van der Waals surface area (Å²) in [6.45, 7) is 1.34. The van der Waals surface area contributed by atoms with Gasteiger partial charge < -0.3 is 10.1 Å². The fourth-order valence-corrected chi connectivity index (χ4v) is 4.89. The maximum Gasteiger partial charge on any atom is 0.419 e. The number of nitro benzene ring substituents is 1. The van der Waals surface area contributed by atoms with Gasteiger partial charge in [-0.05, 0) is 60.4 Å². The predicted molar refractivity (Wildman–Crippen MR) is 133 cm³/mol. The molecule has 0 unspecified atom stereocenters. The van der Waals surface area contributed by atoms with E-state index in [1.54, 1.807) is 0 Å². The molecule has 2 N–H and O–H groups in total. The van der Waals surface area contributed by atoms with Gasteiger partial charge in [0.1, 0.15) is 16.5 Å². The zero-order chi connectivity index (χ0) is 29.0. The van der Waals surface area contributed by atoms with Gasteiger partial charge in [0.25, 0.3) is 15.7 Å². The molecule has 0 heterocycles. The number of nitrogens with zero attached hydrogens (tertiary/aromatic N) is 1. The number of amides is 1. The molecule has 3 aromatic rings. The normalized spacial score (nSPS) is 11.6. The number of nitrogens with one attached hydrogen (secondary N) is 2. The standard InChI is InChI=1S/C25H23F4N3O6S/c1-15-11-18(32(34)35)6-8-21(15)31-39(36,37)23-9-4-16(13-22(23)38-2)5-10-24(33)30-14-17-3-7-19(20(26)12-17)25(27,28)29/h3-4,6-9,11-13,31H,5,10,14H2,1-2H3,(H,30,33). The first-order valence-electron chi connectivity index (χ1n) is 11.3. The lowest BCUT2D eigenvalue weighted by Crippen LogP contribution is -2.23. The molecule has 1 amide bonds. The highest BCUT2D eigenvalue weighted by molar-refractivity contribution is 7.92. The molecular weight excluding hydrogens is 546 g/mol. The second kappa shape index (κ2) is 11.7. The summed E-state index contributed by atoms with van der Waals surface area (Å²) in [6.07, 6.45) is -4.68. The van der Waals surface area contributed by atoms with E-state index in [1.165, 1.54) is 50.4 Å². The molecule has 0 radical (unpaired) electrons. The molecule has 3 rings (SSSR count). The highest BCUT2D eigenvalue weighted by Crippen LogP contribution is 2.32. The number of aryl methyl sites for hydroxylation is 2. The van der Waals surface area contributed by atoms with E-state index in [-0.39, 0.29) is 47.0 Å². The van der Waals surface area contributed by atoms with Crippen molar-refractivity contribution in [1.29, 1.82) is 0 Å². The third-order valence-corrected chi connectivity index (χ3v) is 7.06. The Bertz CT molecular complexity index is 1510. The number of carbonyl (C=O) groups is 1. The molecular formula is C25H23F4N3O6S. The van der Waals surface area contributed by atoms with Crippen molar-refractivity contribution in [2.45, 2.75) is 37.4 Å². The Morgan fingerprint density at radius 2 is 1.74 bits per heavy atom. The van der Waals surface area contributed by atoms with Crippen LogP contribution in [0.25, 0.3) is 0 Å². The number of hydrogen-bond donors (Lipinski definition) is 2. The van der Waals surface area contributed by atoms with Crippen molar-refractivity contribution in [2.75, 3.05) is 11.8 Å². The molecule has 3 aromatic carbocycles. The SMILES string of the molecule is COc1cc(CCC(=O)NCc2ccc(C(F)(F)F)c(F)c2)ccc1S(=O)(=O)Nc1ccc([N+](=O)[O-])cc1C. The van der Waals surface area contributed by atoms with Gasteiger partial charge >= 0.3 is 6.18 Å². The largest absolute Gasteiger partial charge is 0.495 e. The number of benzene rings is 3. The summed E-state index contributed by atoms with van der Waals surface area (Å²) in [5.41, 5.74) is -0.374. The second-order valence-corrected chi connectivity index (χ2v) is 10.1. The first kappa shape index (κ1) is 29.4. The van der Waals surface area contributed by atoms with E-state index >= 15 is 0 Å². The first-order chi connectivity index (χ1) is 18.2. The van der Waals surface area contributed by atoms with Gasteiger partial charge in [-0.15, -0.1) is 0 Å². The number of methoxy groups -OCH3 is 1. The maximum atomic E-state index is 13.7. The monoisotopic (exact) mass is 569 g/mol. The van der Waals surface area contributed by atoms with Crippen LogP contribution in [0.5, 0.6) is 5.75 Å². The van der Waals surface area contributed by atoms with Crippen LogP contribution in [0.2, 0.25) is 0 Å². The summed E-state index contributed by atoms with van der Waals surface area (Å²) in [5, 5.41) is 13.4. The van der Waals surface area contributed by atoms with Crippen molar-refractivity contribution >= 4 is 27.3 Å². The Morgan fingerprint density at radius 3 is 2.33 bits per heavy atom. The number of anilines is 1. The minimum absolute atomic E-state index is 0.000188. The Labute approximate surface area is 221 Å². The van der Waals surface area contributed by atoms with Gasteiger partial charge in [0, 0.05) is 25.1 Å². The van der Waals surface area contributed by atoms with Crippen LogP contribution in [0.4, 0.5) is 28.9 Å². The zero-order valence-electron chi connectivity index (χ0n) is 20.6. The van der Waals surface area contributed by atoms with Crippen LogP contribution in [-0.4, -0.2) is 26.4 Å². The molecule has 0 atom stereocenters. The van der Waals surface area contributed by atoms with Gasteiger partial charge in [-0.1, -0.05) is 12.1 Å². The second-order valence-electron chi connectivity index (χ2n) is 8.44. The third-order valence-electron chi connectivity index (χ3n) is 5.65. The van der Waals surface area contributed by atoms with E-state index in [9.17, 15) is 40.9 Å². The van der Waals surface area contributed by atoms with E-state index in [0.717, 1.165) is 6.07 Å². The quantitative estimate of drug-likeness (QED) is 0.198. The van der Waals surface area contributed by atoms with Gasteiger partial charge in [-0.3, -0.25) is 19.6 Å². The Morgan fingerprint density at radius 1 is 1.05 bits per heavy atom. The third kappa shape index (κ3) is 7.44. The lowest BCUT2D eigenvalue weighted by Gasteiger charge is -2.14. The molecule has 0 bridgehead atoms. The van der Waals surface area contributed by atoms with Crippen molar-refractivity contribution in [1.82, 2.24) is 5.32 Å². The number of halogens is 4. The molecule has 0 aliphatic carbocycles. The summed E-state index contributed by atoms with van der Waals surface area (Å²) in [5.74, 6) is -1.89. The number of ether oxygens (including phenoxy) is 1. The van der Waals surface area contributed by atoms with Gasteiger partial charge in [0.15, 0.2) is 0 Å².